The lowest BCUT2D eigenvalue weighted by atomic mass is 10.1. The number of amides is 1. The topological polar surface area (TPSA) is 130 Å². The Morgan fingerprint density at radius 3 is 2.66 bits per heavy atom. The molecule has 0 aliphatic carbocycles. The third-order valence-electron chi connectivity index (χ3n) is 7.12. The molecule has 218 valence electrons. The van der Waals surface area contributed by atoms with Crippen LogP contribution in [0.25, 0.3) is 0 Å². The standard InChI is InChI=1S/C31H40N6O4/c1-23-33-21-27(22-34-23)41-19-18-37(16-6-5-11-26-13-12-25-10-7-15-32-30(25)35-26)17-14-28(31(39)40)36-29(38)20-24-8-3-2-4-9-24/h2-4,8-9,12-13,21-22,28H,5-7,10-11,14-20H2,1H3,(H,32,35)(H,36,38)(H,39,40)/t28-/m0/s1. The van der Waals surface area contributed by atoms with E-state index < -0.39 is 12.0 Å². The fourth-order valence-electron chi connectivity index (χ4n) is 4.83. The fourth-order valence-corrected chi connectivity index (χ4v) is 4.83. The number of anilines is 1. The van der Waals surface area contributed by atoms with Crippen molar-refractivity contribution in [1.29, 1.82) is 0 Å². The molecule has 1 aliphatic rings. The second-order valence-electron chi connectivity index (χ2n) is 10.4. The van der Waals surface area contributed by atoms with E-state index in [1.165, 1.54) is 5.56 Å². The van der Waals surface area contributed by atoms with E-state index in [-0.39, 0.29) is 12.3 Å². The molecule has 3 aromatic rings. The first kappa shape index (κ1) is 29.9. The van der Waals surface area contributed by atoms with Crippen LogP contribution in [0.2, 0.25) is 0 Å². The van der Waals surface area contributed by atoms with Gasteiger partial charge in [0.25, 0.3) is 0 Å². The third-order valence-corrected chi connectivity index (χ3v) is 7.12. The largest absolute Gasteiger partial charge is 0.489 e. The van der Waals surface area contributed by atoms with E-state index in [1.807, 2.05) is 37.3 Å². The van der Waals surface area contributed by atoms with Gasteiger partial charge in [-0.15, -0.1) is 0 Å². The monoisotopic (exact) mass is 560 g/mol. The fraction of sp³-hybridized carbons (Fsp3) is 0.452. The van der Waals surface area contributed by atoms with Gasteiger partial charge >= 0.3 is 5.97 Å². The Hall–Kier alpha value is -4.05. The lowest BCUT2D eigenvalue weighted by Crippen LogP contribution is -2.44. The highest BCUT2D eigenvalue weighted by molar-refractivity contribution is 5.84. The Balaban J connectivity index is 1.28. The van der Waals surface area contributed by atoms with Gasteiger partial charge in [0.15, 0.2) is 5.75 Å². The Kier molecular flexibility index (Phi) is 11.4. The number of fused-ring (bicyclic) bond motifs is 1. The van der Waals surface area contributed by atoms with Gasteiger partial charge in [0.2, 0.25) is 5.91 Å². The molecule has 0 fully saturated rings. The van der Waals surface area contributed by atoms with Crippen LogP contribution < -0.4 is 15.4 Å². The van der Waals surface area contributed by atoms with Crippen molar-refractivity contribution in [3.63, 3.8) is 0 Å². The highest BCUT2D eigenvalue weighted by atomic mass is 16.5. The lowest BCUT2D eigenvalue weighted by Gasteiger charge is -2.24. The summed E-state index contributed by atoms with van der Waals surface area (Å²) in [5.74, 6) is 0.953. The number of hydrogen-bond acceptors (Lipinski definition) is 8. The van der Waals surface area contributed by atoms with Gasteiger partial charge < -0.3 is 20.5 Å². The van der Waals surface area contributed by atoms with Crippen molar-refractivity contribution in [2.45, 2.75) is 57.9 Å². The molecule has 1 aliphatic heterocycles. The summed E-state index contributed by atoms with van der Waals surface area (Å²) in [7, 11) is 0. The number of aromatic nitrogens is 3. The van der Waals surface area contributed by atoms with Crippen molar-refractivity contribution >= 4 is 17.7 Å². The second-order valence-corrected chi connectivity index (χ2v) is 10.4. The van der Waals surface area contributed by atoms with Crippen molar-refractivity contribution in [3.05, 3.63) is 77.5 Å². The number of carbonyl (C=O) groups is 2. The van der Waals surface area contributed by atoms with Crippen LogP contribution in [0.3, 0.4) is 0 Å². The number of carbonyl (C=O) groups excluding carboxylic acids is 1. The van der Waals surface area contributed by atoms with Gasteiger partial charge in [-0.1, -0.05) is 36.4 Å². The average molecular weight is 561 g/mol. The maximum Gasteiger partial charge on any atom is 0.326 e. The van der Waals surface area contributed by atoms with Crippen LogP contribution in [0.15, 0.2) is 54.9 Å². The SMILES string of the molecule is Cc1ncc(OCCN(CCCCc2ccc3c(n2)NCCC3)CC[C@H](NC(=O)Cc2ccccc2)C(=O)O)cn1. The van der Waals surface area contributed by atoms with Crippen molar-refractivity contribution in [3.8, 4) is 5.75 Å². The zero-order chi connectivity index (χ0) is 28.9. The summed E-state index contributed by atoms with van der Waals surface area (Å²) in [5, 5.41) is 15.9. The predicted molar refractivity (Wildman–Crippen MR) is 157 cm³/mol. The van der Waals surface area contributed by atoms with Gasteiger partial charge in [-0.3, -0.25) is 9.69 Å². The molecule has 3 heterocycles. The van der Waals surface area contributed by atoms with Gasteiger partial charge in [0.1, 0.15) is 24.3 Å². The van der Waals surface area contributed by atoms with Crippen molar-refractivity contribution < 1.29 is 19.4 Å². The van der Waals surface area contributed by atoms with Crippen LogP contribution >= 0.6 is 0 Å². The minimum atomic E-state index is -1.04. The van der Waals surface area contributed by atoms with E-state index in [2.05, 4.69) is 37.6 Å². The molecule has 0 saturated heterocycles. The van der Waals surface area contributed by atoms with E-state index in [0.717, 1.165) is 62.3 Å². The van der Waals surface area contributed by atoms with E-state index in [0.29, 0.717) is 37.7 Å². The van der Waals surface area contributed by atoms with Crippen molar-refractivity contribution in [2.75, 3.05) is 38.1 Å². The van der Waals surface area contributed by atoms with E-state index >= 15 is 0 Å². The number of ether oxygens (including phenoxy) is 1. The molecule has 1 amide bonds. The summed E-state index contributed by atoms with van der Waals surface area (Å²) in [4.78, 5) is 39.8. The van der Waals surface area contributed by atoms with Crippen LogP contribution in [0.5, 0.6) is 5.75 Å². The summed E-state index contributed by atoms with van der Waals surface area (Å²) in [6.45, 7) is 5.11. The zero-order valence-electron chi connectivity index (χ0n) is 23.7. The van der Waals surface area contributed by atoms with Gasteiger partial charge in [0.05, 0.1) is 18.8 Å². The minimum absolute atomic E-state index is 0.146. The lowest BCUT2D eigenvalue weighted by molar-refractivity contribution is -0.142. The molecule has 0 saturated carbocycles. The van der Waals surface area contributed by atoms with Crippen molar-refractivity contribution in [1.82, 2.24) is 25.2 Å². The summed E-state index contributed by atoms with van der Waals surface area (Å²) in [6.07, 6.45) is 8.73. The maximum atomic E-state index is 12.5. The highest BCUT2D eigenvalue weighted by Crippen LogP contribution is 2.20. The first-order valence-electron chi connectivity index (χ1n) is 14.4. The van der Waals surface area contributed by atoms with Crippen LogP contribution in [-0.2, 0) is 28.9 Å². The predicted octanol–water partition coefficient (Wildman–Crippen LogP) is 3.44. The number of aliphatic carboxylic acids is 1. The Morgan fingerprint density at radius 2 is 1.88 bits per heavy atom. The maximum absolute atomic E-state index is 12.5. The minimum Gasteiger partial charge on any atom is -0.489 e. The van der Waals surface area contributed by atoms with Gasteiger partial charge in [-0.25, -0.2) is 19.7 Å². The number of carboxylic acid groups (broad SMARTS) is 1. The molecule has 0 bridgehead atoms. The van der Waals surface area contributed by atoms with Gasteiger partial charge in [0, 0.05) is 25.3 Å². The number of nitrogens with one attached hydrogen (secondary N) is 2. The Labute approximate surface area is 241 Å². The highest BCUT2D eigenvalue weighted by Gasteiger charge is 2.21. The number of rotatable bonds is 16. The first-order chi connectivity index (χ1) is 20.0. The number of benzene rings is 1. The van der Waals surface area contributed by atoms with E-state index in [4.69, 9.17) is 9.72 Å². The Bertz CT molecular complexity index is 1260. The number of pyridine rings is 1. The molecule has 0 spiro atoms. The van der Waals surface area contributed by atoms with Crippen molar-refractivity contribution in [2.24, 2.45) is 0 Å². The number of aryl methyl sites for hydroxylation is 3. The summed E-state index contributed by atoms with van der Waals surface area (Å²) < 4.78 is 5.84. The molecule has 0 radical (unpaired) electrons. The van der Waals surface area contributed by atoms with E-state index in [1.54, 1.807) is 12.4 Å². The van der Waals surface area contributed by atoms with Crippen LogP contribution in [0.4, 0.5) is 5.82 Å². The van der Waals surface area contributed by atoms with E-state index in [9.17, 15) is 14.7 Å². The molecule has 1 aromatic carbocycles. The third kappa shape index (κ3) is 10.1. The summed E-state index contributed by atoms with van der Waals surface area (Å²) in [6, 6.07) is 12.6. The molecule has 4 rings (SSSR count). The summed E-state index contributed by atoms with van der Waals surface area (Å²) in [5.41, 5.74) is 3.21. The molecule has 1 atom stereocenters. The molecule has 10 nitrogen and oxygen atoms in total. The molecule has 2 aromatic heterocycles. The Morgan fingerprint density at radius 1 is 1.07 bits per heavy atom. The smallest absolute Gasteiger partial charge is 0.326 e. The number of unbranched alkanes of at least 4 members (excludes halogenated alkanes) is 1. The van der Waals surface area contributed by atoms with Gasteiger partial charge in [-0.05, 0) is 69.2 Å². The molecule has 10 heteroatoms. The quantitative estimate of drug-likeness (QED) is 0.226. The molecular formula is C31H40N6O4. The molecule has 3 N–H and O–H groups in total. The first-order valence-corrected chi connectivity index (χ1v) is 14.4. The van der Waals surface area contributed by atoms with Crippen LogP contribution in [0, 0.1) is 6.92 Å². The molecule has 41 heavy (non-hydrogen) atoms. The van der Waals surface area contributed by atoms with Crippen LogP contribution in [0.1, 0.15) is 48.3 Å². The van der Waals surface area contributed by atoms with Gasteiger partial charge in [-0.2, -0.15) is 0 Å². The number of nitrogens with zero attached hydrogens (tertiary/aromatic N) is 4. The average Bonchev–Trinajstić information content (AvgIpc) is 2.98. The normalized spacial score (nSPS) is 13.2. The zero-order valence-corrected chi connectivity index (χ0v) is 23.7. The molecular weight excluding hydrogens is 520 g/mol. The second kappa shape index (κ2) is 15.7. The van der Waals surface area contributed by atoms with Crippen LogP contribution in [-0.4, -0.2) is 75.7 Å². The molecule has 0 unspecified atom stereocenters. The summed E-state index contributed by atoms with van der Waals surface area (Å²) >= 11 is 0. The number of hydrogen-bond donors (Lipinski definition) is 3. The number of carboxylic acids is 1.